The van der Waals surface area contributed by atoms with Crippen LogP contribution in [0.4, 0.5) is 0 Å². The van der Waals surface area contributed by atoms with E-state index in [-0.39, 0.29) is 40.1 Å². The number of aliphatic carboxylic acids is 1. The topological polar surface area (TPSA) is 98.0 Å². The van der Waals surface area contributed by atoms with Crippen molar-refractivity contribution in [1.29, 1.82) is 0 Å². The van der Waals surface area contributed by atoms with E-state index < -0.39 is 29.0 Å². The van der Waals surface area contributed by atoms with Crippen LogP contribution in [0.1, 0.15) is 99.3 Å². The maximum Gasteiger partial charge on any atom is 0.310 e. The zero-order valence-electron chi connectivity index (χ0n) is 22.7. The summed E-state index contributed by atoms with van der Waals surface area (Å²) in [6, 6.07) is 0. The lowest BCUT2D eigenvalue weighted by atomic mass is 9.33. The van der Waals surface area contributed by atoms with E-state index in [4.69, 9.17) is 0 Å². The second-order valence-electron chi connectivity index (χ2n) is 15.1. The second kappa shape index (κ2) is 7.57. The molecule has 5 rings (SSSR count). The SMILES string of the molecule is CC1(C)CC[C@]2(C(=O)O)CC[C@]3(C)C(=CC[C@@H]4[C@@]5(C)C[C@H](O)[C@H](O)[C@](C)(CO)[C@H]5CC[C@]43C)[C@H]2C1. The van der Waals surface area contributed by atoms with Crippen LogP contribution < -0.4 is 0 Å². The summed E-state index contributed by atoms with van der Waals surface area (Å²) < 4.78 is 0. The molecule has 0 radical (unpaired) electrons. The Morgan fingerprint density at radius 2 is 1.60 bits per heavy atom. The summed E-state index contributed by atoms with van der Waals surface area (Å²) >= 11 is 0. The van der Waals surface area contributed by atoms with Crippen molar-refractivity contribution in [2.24, 2.45) is 50.2 Å². The van der Waals surface area contributed by atoms with Gasteiger partial charge < -0.3 is 20.4 Å². The van der Waals surface area contributed by atoms with Gasteiger partial charge >= 0.3 is 5.97 Å². The maximum atomic E-state index is 12.8. The van der Waals surface area contributed by atoms with E-state index in [0.29, 0.717) is 12.3 Å². The van der Waals surface area contributed by atoms with Gasteiger partial charge in [-0.15, -0.1) is 0 Å². The molecule has 0 heterocycles. The van der Waals surface area contributed by atoms with Gasteiger partial charge in [-0.1, -0.05) is 53.2 Å². The summed E-state index contributed by atoms with van der Waals surface area (Å²) in [5.41, 5.74) is -0.0632. The number of carboxylic acid groups (broad SMARTS) is 1. The average Bonchev–Trinajstić information content (AvgIpc) is 2.77. The van der Waals surface area contributed by atoms with Crippen LogP contribution >= 0.6 is 0 Å². The van der Waals surface area contributed by atoms with Gasteiger partial charge in [-0.2, -0.15) is 0 Å². The molecule has 0 amide bonds. The molecule has 5 heteroatoms. The molecule has 35 heavy (non-hydrogen) atoms. The van der Waals surface area contributed by atoms with Gasteiger partial charge in [-0.25, -0.2) is 0 Å². The lowest BCUT2D eigenvalue weighted by Gasteiger charge is -2.71. The molecule has 0 aromatic heterocycles. The lowest BCUT2D eigenvalue weighted by molar-refractivity contribution is -0.243. The Labute approximate surface area is 211 Å². The molecule has 5 aliphatic rings. The van der Waals surface area contributed by atoms with Gasteiger partial charge in [0.05, 0.1) is 24.2 Å². The lowest BCUT2D eigenvalue weighted by Crippen LogP contribution is -2.68. The van der Waals surface area contributed by atoms with Crippen molar-refractivity contribution in [3.05, 3.63) is 11.6 Å². The van der Waals surface area contributed by atoms with E-state index in [1.807, 2.05) is 6.92 Å². The number of allylic oxidation sites excluding steroid dienone is 2. The predicted octanol–water partition coefficient (Wildman–Crippen LogP) is 5.18. The Balaban J connectivity index is 1.61. The Bertz CT molecular complexity index is 941. The molecular formula is C30H48O5. The van der Waals surface area contributed by atoms with E-state index in [1.54, 1.807) is 0 Å². The number of fused-ring (bicyclic) bond motifs is 7. The van der Waals surface area contributed by atoms with Gasteiger partial charge in [-0.3, -0.25) is 4.79 Å². The first-order valence-electron chi connectivity index (χ1n) is 14.0. The van der Waals surface area contributed by atoms with Crippen LogP contribution in [0.25, 0.3) is 0 Å². The minimum Gasteiger partial charge on any atom is -0.481 e. The zero-order chi connectivity index (χ0) is 25.8. The zero-order valence-corrected chi connectivity index (χ0v) is 22.7. The van der Waals surface area contributed by atoms with Crippen LogP contribution in [0.2, 0.25) is 0 Å². The van der Waals surface area contributed by atoms with Crippen LogP contribution in [0.15, 0.2) is 11.6 Å². The van der Waals surface area contributed by atoms with E-state index in [0.717, 1.165) is 51.4 Å². The molecule has 0 bridgehead atoms. The molecular weight excluding hydrogens is 440 g/mol. The normalized spacial score (nSPS) is 55.0. The van der Waals surface area contributed by atoms with E-state index >= 15 is 0 Å². The molecule has 5 aliphatic carbocycles. The van der Waals surface area contributed by atoms with Crippen molar-refractivity contribution >= 4 is 5.97 Å². The van der Waals surface area contributed by atoms with Gasteiger partial charge in [0.2, 0.25) is 0 Å². The van der Waals surface area contributed by atoms with Crippen molar-refractivity contribution in [1.82, 2.24) is 0 Å². The minimum atomic E-state index is -0.907. The first-order valence-corrected chi connectivity index (χ1v) is 14.0. The van der Waals surface area contributed by atoms with Crippen LogP contribution in [0.3, 0.4) is 0 Å². The molecule has 10 atom stereocenters. The monoisotopic (exact) mass is 488 g/mol. The number of hydrogen-bond acceptors (Lipinski definition) is 4. The van der Waals surface area contributed by atoms with Crippen molar-refractivity contribution in [2.75, 3.05) is 6.61 Å². The third-order valence-corrected chi connectivity index (χ3v) is 13.2. The van der Waals surface area contributed by atoms with Crippen LogP contribution in [0.5, 0.6) is 0 Å². The summed E-state index contributed by atoms with van der Waals surface area (Å²) in [6.45, 7) is 13.6. The van der Waals surface area contributed by atoms with Crippen LogP contribution in [-0.2, 0) is 4.79 Å². The fraction of sp³-hybridized carbons (Fsp3) is 0.900. The van der Waals surface area contributed by atoms with Gasteiger partial charge in [0, 0.05) is 5.41 Å². The summed E-state index contributed by atoms with van der Waals surface area (Å²) in [7, 11) is 0. The number of carbonyl (C=O) groups is 1. The summed E-state index contributed by atoms with van der Waals surface area (Å²) in [4.78, 5) is 12.8. The molecule has 5 nitrogen and oxygen atoms in total. The Morgan fingerprint density at radius 3 is 2.23 bits per heavy atom. The maximum absolute atomic E-state index is 12.8. The van der Waals surface area contributed by atoms with E-state index in [9.17, 15) is 25.2 Å². The van der Waals surface area contributed by atoms with Gasteiger partial charge in [0.1, 0.15) is 0 Å². The molecule has 198 valence electrons. The molecule has 0 saturated heterocycles. The number of aliphatic hydroxyl groups excluding tert-OH is 3. The molecule has 4 N–H and O–H groups in total. The second-order valence-corrected chi connectivity index (χ2v) is 15.1. The van der Waals surface area contributed by atoms with Gasteiger partial charge in [0.25, 0.3) is 0 Å². The van der Waals surface area contributed by atoms with Crippen LogP contribution in [-0.4, -0.2) is 45.2 Å². The fourth-order valence-corrected chi connectivity index (χ4v) is 10.8. The molecule has 0 unspecified atom stereocenters. The molecule has 0 aliphatic heterocycles. The number of hydrogen-bond donors (Lipinski definition) is 4. The van der Waals surface area contributed by atoms with E-state index in [1.165, 1.54) is 5.57 Å². The highest BCUT2D eigenvalue weighted by Gasteiger charge is 2.70. The highest BCUT2D eigenvalue weighted by molar-refractivity contribution is 5.76. The van der Waals surface area contributed by atoms with Crippen LogP contribution in [0, 0.1) is 50.2 Å². The minimum absolute atomic E-state index is 0.00698. The molecule has 4 saturated carbocycles. The van der Waals surface area contributed by atoms with Gasteiger partial charge in [0.15, 0.2) is 0 Å². The quantitative estimate of drug-likeness (QED) is 0.402. The van der Waals surface area contributed by atoms with Crippen molar-refractivity contribution in [3.63, 3.8) is 0 Å². The highest BCUT2D eigenvalue weighted by Crippen LogP contribution is 2.75. The van der Waals surface area contributed by atoms with Crippen molar-refractivity contribution < 1.29 is 25.2 Å². The highest BCUT2D eigenvalue weighted by atomic mass is 16.4. The predicted molar refractivity (Wildman–Crippen MR) is 135 cm³/mol. The largest absolute Gasteiger partial charge is 0.481 e. The first-order chi connectivity index (χ1) is 16.1. The Morgan fingerprint density at radius 1 is 0.943 bits per heavy atom. The molecule has 0 spiro atoms. The summed E-state index contributed by atoms with van der Waals surface area (Å²) in [5, 5.41) is 42.8. The third-order valence-electron chi connectivity index (χ3n) is 13.2. The average molecular weight is 489 g/mol. The van der Waals surface area contributed by atoms with Crippen molar-refractivity contribution in [2.45, 2.75) is 112 Å². The fourth-order valence-electron chi connectivity index (χ4n) is 10.8. The molecule has 4 fully saturated rings. The smallest absolute Gasteiger partial charge is 0.310 e. The number of carboxylic acids is 1. The van der Waals surface area contributed by atoms with E-state index in [2.05, 4.69) is 40.7 Å². The Hall–Kier alpha value is -0.910. The molecule has 0 aromatic carbocycles. The standard InChI is InChI=1S/C30H48O5/c1-25(2)11-13-30(24(34)35)14-12-28(5)18(19(30)15-25)7-8-22-26(3)16-20(32)23(33)27(4,17-31)21(26)9-10-29(22,28)6/h7,19-23,31-33H,8-17H2,1-6H3,(H,34,35)/t19-,20+,21+,22-,23+,26+,27-,28-,29-,30+/m1/s1. The third kappa shape index (κ3) is 3.07. The summed E-state index contributed by atoms with van der Waals surface area (Å²) in [5.74, 6) is -0.0472. The van der Waals surface area contributed by atoms with Crippen molar-refractivity contribution in [3.8, 4) is 0 Å². The number of rotatable bonds is 2. The van der Waals surface area contributed by atoms with Gasteiger partial charge in [-0.05, 0) is 97.2 Å². The first kappa shape index (κ1) is 25.7. The Kier molecular flexibility index (Phi) is 5.56. The summed E-state index contributed by atoms with van der Waals surface area (Å²) in [6.07, 6.45) is 8.40. The molecule has 0 aromatic rings. The number of aliphatic hydroxyl groups is 3.